The molecule has 3 atom stereocenters. The van der Waals surface area contributed by atoms with Gasteiger partial charge < -0.3 is 5.48 Å². The minimum atomic E-state index is -2.03. The Morgan fingerprint density at radius 2 is 1.44 bits per heavy atom. The van der Waals surface area contributed by atoms with E-state index in [9.17, 15) is 17.6 Å². The molecule has 0 spiro atoms. The normalized spacial score (nSPS) is 42.4. The van der Waals surface area contributed by atoms with E-state index in [1.807, 2.05) is 0 Å². The molecule has 0 bridgehead atoms. The fourth-order valence-electron chi connectivity index (χ4n) is 4.94. The maximum absolute atomic E-state index is 14.6. The first-order chi connectivity index (χ1) is 11.0. The van der Waals surface area contributed by atoms with Crippen LogP contribution >= 0.6 is 0 Å². The molecule has 3 rings (SSSR count). The van der Waals surface area contributed by atoms with Crippen LogP contribution in [0.3, 0.4) is 0 Å². The summed E-state index contributed by atoms with van der Waals surface area (Å²) >= 11 is 0. The SMILES string of the molecule is C.CC1CCC(C2CCC(C3CC(F)C(F)C(F)C3)=C(F)C2)CC1.O.[HH]. The first-order valence-corrected chi connectivity index (χ1v) is 9.25. The Morgan fingerprint density at radius 1 is 0.880 bits per heavy atom. The fourth-order valence-corrected chi connectivity index (χ4v) is 4.94. The van der Waals surface area contributed by atoms with Gasteiger partial charge in [-0.15, -0.1) is 0 Å². The van der Waals surface area contributed by atoms with Crippen LogP contribution < -0.4 is 0 Å². The van der Waals surface area contributed by atoms with Gasteiger partial charge in [-0.05, 0) is 67.8 Å². The number of alkyl halides is 3. The maximum atomic E-state index is 14.6. The molecule has 0 heterocycles. The van der Waals surface area contributed by atoms with Gasteiger partial charge in [0.15, 0.2) is 6.17 Å². The van der Waals surface area contributed by atoms with Crippen LogP contribution in [0.4, 0.5) is 17.6 Å². The monoisotopic (exact) mass is 368 g/mol. The molecular formula is C20H36F4O. The van der Waals surface area contributed by atoms with E-state index in [0.29, 0.717) is 30.3 Å². The smallest absolute Gasteiger partial charge is 0.162 e. The Hall–Kier alpha value is -0.580. The van der Waals surface area contributed by atoms with Crippen molar-refractivity contribution in [1.82, 2.24) is 0 Å². The highest BCUT2D eigenvalue weighted by Crippen LogP contribution is 2.46. The summed E-state index contributed by atoms with van der Waals surface area (Å²) in [6.45, 7) is 2.28. The van der Waals surface area contributed by atoms with Crippen molar-refractivity contribution >= 4 is 0 Å². The zero-order valence-corrected chi connectivity index (χ0v) is 14.4. The van der Waals surface area contributed by atoms with Crippen LogP contribution in [0.5, 0.6) is 0 Å². The third kappa shape index (κ3) is 4.99. The van der Waals surface area contributed by atoms with Gasteiger partial charge in [-0.25, -0.2) is 17.6 Å². The van der Waals surface area contributed by atoms with Crippen molar-refractivity contribution in [1.29, 1.82) is 0 Å². The second-order valence-electron chi connectivity index (χ2n) is 8.10. The first-order valence-electron chi connectivity index (χ1n) is 9.25. The molecule has 1 nitrogen and oxygen atoms in total. The summed E-state index contributed by atoms with van der Waals surface area (Å²) in [5.74, 6) is 1.17. The molecule has 0 saturated heterocycles. The summed E-state index contributed by atoms with van der Waals surface area (Å²) in [6.07, 6.45) is 1.04. The van der Waals surface area contributed by atoms with Crippen LogP contribution in [0.15, 0.2) is 11.4 Å². The summed E-state index contributed by atoms with van der Waals surface area (Å²) in [6, 6.07) is 0. The van der Waals surface area contributed by atoms with Gasteiger partial charge in [0.2, 0.25) is 0 Å². The second kappa shape index (κ2) is 9.38. The van der Waals surface area contributed by atoms with E-state index in [4.69, 9.17) is 0 Å². The van der Waals surface area contributed by atoms with Gasteiger partial charge in [-0.1, -0.05) is 27.2 Å². The third-order valence-electron chi connectivity index (χ3n) is 6.50. The molecule has 0 radical (unpaired) electrons. The molecular weight excluding hydrogens is 332 g/mol. The third-order valence-corrected chi connectivity index (χ3v) is 6.50. The van der Waals surface area contributed by atoms with E-state index < -0.39 is 24.4 Å². The first kappa shape index (κ1) is 22.5. The van der Waals surface area contributed by atoms with Crippen molar-refractivity contribution in [3.05, 3.63) is 11.4 Å². The average Bonchev–Trinajstić information content (AvgIpc) is 2.53. The van der Waals surface area contributed by atoms with Crippen LogP contribution in [-0.4, -0.2) is 24.0 Å². The molecule has 3 aliphatic rings. The highest BCUT2D eigenvalue weighted by Gasteiger charge is 2.42. The van der Waals surface area contributed by atoms with E-state index >= 15 is 0 Å². The summed E-state index contributed by atoms with van der Waals surface area (Å²) < 4.78 is 55.1. The van der Waals surface area contributed by atoms with Gasteiger partial charge >= 0.3 is 0 Å². The second-order valence-corrected chi connectivity index (χ2v) is 8.10. The number of rotatable bonds is 2. The molecule has 0 aromatic carbocycles. The molecule has 2 fully saturated rings. The number of halogens is 4. The fraction of sp³-hybridized carbons (Fsp3) is 0.900. The molecule has 0 amide bonds. The average molecular weight is 368 g/mol. The number of allylic oxidation sites excluding steroid dienone is 2. The number of hydrogen-bond donors (Lipinski definition) is 0. The summed E-state index contributed by atoms with van der Waals surface area (Å²) in [5, 5.41) is 0. The molecule has 2 N–H and O–H groups in total. The predicted molar refractivity (Wildman–Crippen MR) is 96.5 cm³/mol. The van der Waals surface area contributed by atoms with Crippen molar-refractivity contribution in [2.45, 2.75) is 90.7 Å². The molecule has 0 aliphatic heterocycles. The van der Waals surface area contributed by atoms with E-state index in [1.54, 1.807) is 0 Å². The Kier molecular flexibility index (Phi) is 8.43. The van der Waals surface area contributed by atoms with Gasteiger partial charge in [0.05, 0.1) is 5.83 Å². The Morgan fingerprint density at radius 3 is 1.96 bits per heavy atom. The van der Waals surface area contributed by atoms with Crippen molar-refractivity contribution in [2.24, 2.45) is 23.7 Å². The van der Waals surface area contributed by atoms with E-state index in [-0.39, 0.29) is 33.0 Å². The topological polar surface area (TPSA) is 31.5 Å². The van der Waals surface area contributed by atoms with Gasteiger partial charge in [0, 0.05) is 7.85 Å². The lowest BCUT2D eigenvalue weighted by atomic mass is 9.69. The zero-order chi connectivity index (χ0) is 16.6. The predicted octanol–water partition coefficient (Wildman–Crippen LogP) is 6.32. The van der Waals surface area contributed by atoms with E-state index in [0.717, 1.165) is 12.3 Å². The van der Waals surface area contributed by atoms with Crippen molar-refractivity contribution in [3.8, 4) is 0 Å². The lowest BCUT2D eigenvalue weighted by molar-refractivity contribution is 0.0235. The van der Waals surface area contributed by atoms with Crippen LogP contribution in [0.25, 0.3) is 0 Å². The quantitative estimate of drug-likeness (QED) is 0.511. The molecule has 150 valence electrons. The van der Waals surface area contributed by atoms with E-state index in [1.165, 1.54) is 25.7 Å². The molecule has 0 aromatic rings. The van der Waals surface area contributed by atoms with Gasteiger partial charge in [-0.3, -0.25) is 0 Å². The highest BCUT2D eigenvalue weighted by atomic mass is 19.2. The lowest BCUT2D eigenvalue weighted by Crippen LogP contribution is -2.38. The van der Waals surface area contributed by atoms with Gasteiger partial charge in [-0.2, -0.15) is 0 Å². The highest BCUT2D eigenvalue weighted by molar-refractivity contribution is 5.18. The lowest BCUT2D eigenvalue weighted by Gasteiger charge is -2.38. The van der Waals surface area contributed by atoms with Gasteiger partial charge in [0.25, 0.3) is 0 Å². The molecule has 5 heteroatoms. The summed E-state index contributed by atoms with van der Waals surface area (Å²) in [7, 11) is 0. The van der Waals surface area contributed by atoms with Crippen LogP contribution in [0, 0.1) is 23.7 Å². The molecule has 3 aliphatic carbocycles. The van der Waals surface area contributed by atoms with E-state index in [2.05, 4.69) is 6.92 Å². The molecule has 3 unspecified atom stereocenters. The summed E-state index contributed by atoms with van der Waals surface area (Å²) in [5.41, 5.74) is 0.586. The molecule has 2 saturated carbocycles. The minimum Gasteiger partial charge on any atom is -0.412 e. The maximum Gasteiger partial charge on any atom is 0.162 e. The standard InChI is InChI=1S/C19H28F4.CH4.H2O.H2/c1-11-2-4-12(5-3-11)13-6-7-15(16(20)8-13)14-9-17(21)19(23)18(22)10-14;;;/h11-14,17-19H,2-10H2,1H3;1H4;1H2;1H. The van der Waals surface area contributed by atoms with Crippen molar-refractivity contribution < 1.29 is 24.5 Å². The minimum absolute atomic E-state index is 0. The Balaban J connectivity index is 0.00000208. The largest absolute Gasteiger partial charge is 0.412 e. The Labute approximate surface area is 151 Å². The van der Waals surface area contributed by atoms with Crippen molar-refractivity contribution in [3.63, 3.8) is 0 Å². The molecule has 0 aromatic heterocycles. The van der Waals surface area contributed by atoms with Crippen LogP contribution in [0.1, 0.15) is 73.6 Å². The molecule has 25 heavy (non-hydrogen) atoms. The Bertz CT molecular complexity index is 439. The van der Waals surface area contributed by atoms with Gasteiger partial charge in [0.1, 0.15) is 12.3 Å². The van der Waals surface area contributed by atoms with Crippen LogP contribution in [-0.2, 0) is 0 Å². The summed E-state index contributed by atoms with van der Waals surface area (Å²) in [4.78, 5) is 0. The zero-order valence-electron chi connectivity index (χ0n) is 14.4. The van der Waals surface area contributed by atoms with Crippen LogP contribution in [0.2, 0.25) is 0 Å². The van der Waals surface area contributed by atoms with Crippen molar-refractivity contribution in [2.75, 3.05) is 0 Å². The number of hydrogen-bond acceptors (Lipinski definition) is 0.